The molecule has 0 aromatic heterocycles. The number of nitriles is 1. The van der Waals surface area contributed by atoms with Gasteiger partial charge >= 0.3 is 0 Å². The highest BCUT2D eigenvalue weighted by Gasteiger charge is 2.49. The number of guanidine groups is 1. The van der Waals surface area contributed by atoms with E-state index < -0.39 is 11.5 Å². The van der Waals surface area contributed by atoms with Crippen molar-refractivity contribution < 1.29 is 4.79 Å². The van der Waals surface area contributed by atoms with Gasteiger partial charge in [-0.1, -0.05) is 30.5 Å². The van der Waals surface area contributed by atoms with Crippen molar-refractivity contribution in [3.05, 3.63) is 29.3 Å². The van der Waals surface area contributed by atoms with Crippen LogP contribution in [-0.2, 0) is 4.79 Å². The summed E-state index contributed by atoms with van der Waals surface area (Å²) in [6.45, 7) is 3.23. The molecule has 0 radical (unpaired) electrons. The molecule has 1 saturated carbocycles. The number of rotatable bonds is 1. The molecule has 1 aliphatic carbocycles. The Balaban J connectivity index is 1.50. The van der Waals surface area contributed by atoms with Crippen LogP contribution in [0.15, 0.2) is 29.3 Å². The summed E-state index contributed by atoms with van der Waals surface area (Å²) >= 11 is 6.10. The number of halogens is 1. The molecule has 1 amide bonds. The number of hydrogen-bond donors (Lipinski definition) is 1. The summed E-state index contributed by atoms with van der Waals surface area (Å²) in [5, 5.41) is 13.1. The van der Waals surface area contributed by atoms with Crippen LogP contribution in [0.5, 0.6) is 0 Å². The van der Waals surface area contributed by atoms with Crippen molar-refractivity contribution in [2.24, 2.45) is 10.9 Å². The van der Waals surface area contributed by atoms with Crippen LogP contribution in [0.25, 0.3) is 0 Å². The summed E-state index contributed by atoms with van der Waals surface area (Å²) in [4.78, 5) is 21.8. The van der Waals surface area contributed by atoms with Gasteiger partial charge in [0.1, 0.15) is 0 Å². The molecule has 2 heterocycles. The van der Waals surface area contributed by atoms with Crippen LogP contribution in [0.3, 0.4) is 0 Å². The van der Waals surface area contributed by atoms with Gasteiger partial charge in [-0.3, -0.25) is 10.1 Å². The van der Waals surface area contributed by atoms with Crippen LogP contribution in [0, 0.1) is 17.2 Å². The molecule has 4 rings (SSSR count). The molecule has 1 aromatic carbocycles. The highest BCUT2D eigenvalue weighted by atomic mass is 35.5. The second-order valence-corrected chi connectivity index (χ2v) is 7.69. The van der Waals surface area contributed by atoms with Gasteiger partial charge in [-0.05, 0) is 31.0 Å². The van der Waals surface area contributed by atoms with Gasteiger partial charge in [-0.2, -0.15) is 5.26 Å². The van der Waals surface area contributed by atoms with Crippen LogP contribution in [0.2, 0.25) is 5.02 Å². The lowest BCUT2D eigenvalue weighted by Crippen LogP contribution is -2.59. The van der Waals surface area contributed by atoms with Crippen molar-refractivity contribution in [1.82, 2.24) is 10.2 Å². The van der Waals surface area contributed by atoms with E-state index in [1.54, 1.807) is 0 Å². The first-order valence-corrected chi connectivity index (χ1v) is 9.55. The van der Waals surface area contributed by atoms with Crippen molar-refractivity contribution in [1.29, 1.82) is 5.26 Å². The predicted octanol–water partition coefficient (Wildman–Crippen LogP) is 2.40. The lowest BCUT2D eigenvalue weighted by Gasteiger charge is -2.41. The minimum Gasteiger partial charge on any atom is -0.368 e. The van der Waals surface area contributed by atoms with E-state index in [9.17, 15) is 10.1 Å². The topological polar surface area (TPSA) is 71.7 Å². The molecule has 1 saturated heterocycles. The Morgan fingerprint density at radius 3 is 2.54 bits per heavy atom. The van der Waals surface area contributed by atoms with Crippen molar-refractivity contribution >= 4 is 29.2 Å². The van der Waals surface area contributed by atoms with Crippen molar-refractivity contribution in [2.45, 2.75) is 31.2 Å². The number of anilines is 1. The lowest BCUT2D eigenvalue weighted by molar-refractivity contribution is -0.124. The maximum Gasteiger partial charge on any atom is 0.246 e. The minimum atomic E-state index is -0.665. The fraction of sp³-hybridized carbons (Fsp3) is 0.526. The third-order valence-corrected chi connectivity index (χ3v) is 5.95. The molecule has 2 fully saturated rings. The smallest absolute Gasteiger partial charge is 0.246 e. The molecule has 1 aromatic rings. The zero-order valence-corrected chi connectivity index (χ0v) is 15.4. The number of piperazine rings is 1. The van der Waals surface area contributed by atoms with Crippen molar-refractivity contribution in [3.8, 4) is 6.07 Å². The molecule has 6 nitrogen and oxygen atoms in total. The number of carbonyl (C=O) groups is 1. The Kier molecular flexibility index (Phi) is 4.49. The highest BCUT2D eigenvalue weighted by Crippen LogP contribution is 2.41. The van der Waals surface area contributed by atoms with E-state index in [1.165, 1.54) is 0 Å². The Morgan fingerprint density at radius 1 is 1.19 bits per heavy atom. The summed E-state index contributed by atoms with van der Waals surface area (Å²) in [7, 11) is 0. The van der Waals surface area contributed by atoms with Gasteiger partial charge in [0.25, 0.3) is 0 Å². The summed E-state index contributed by atoms with van der Waals surface area (Å²) < 4.78 is 0. The first-order valence-electron chi connectivity index (χ1n) is 9.17. The zero-order valence-electron chi connectivity index (χ0n) is 14.6. The SMILES string of the molecule is N#C[C@H]1C(=O)NC(N2CCN(c3cccc(Cl)c3)CC2)=NC12CCCC2. The van der Waals surface area contributed by atoms with Crippen LogP contribution in [0.4, 0.5) is 5.69 Å². The Bertz CT molecular complexity index is 772. The normalized spacial score (nSPS) is 25.0. The Morgan fingerprint density at radius 2 is 1.88 bits per heavy atom. The first kappa shape index (κ1) is 17.2. The summed E-state index contributed by atoms with van der Waals surface area (Å²) in [5.41, 5.74) is 0.597. The molecule has 26 heavy (non-hydrogen) atoms. The van der Waals surface area contributed by atoms with Gasteiger partial charge in [-0.25, -0.2) is 4.99 Å². The van der Waals surface area contributed by atoms with Gasteiger partial charge in [0.05, 0.1) is 11.6 Å². The maximum absolute atomic E-state index is 12.5. The lowest BCUT2D eigenvalue weighted by atomic mass is 9.82. The number of amides is 1. The Labute approximate surface area is 158 Å². The number of benzene rings is 1. The number of hydrogen-bond acceptors (Lipinski definition) is 5. The number of carbonyl (C=O) groups excluding carboxylic acids is 1. The van der Waals surface area contributed by atoms with Crippen LogP contribution >= 0.6 is 11.6 Å². The summed E-state index contributed by atoms with van der Waals surface area (Å²) in [6, 6.07) is 10.1. The number of aliphatic imine (C=N–C) groups is 1. The third kappa shape index (κ3) is 3.01. The van der Waals surface area contributed by atoms with Crippen molar-refractivity contribution in [2.75, 3.05) is 31.1 Å². The van der Waals surface area contributed by atoms with E-state index in [4.69, 9.17) is 16.6 Å². The van der Waals surface area contributed by atoms with E-state index in [2.05, 4.69) is 27.3 Å². The van der Waals surface area contributed by atoms with E-state index in [1.807, 2.05) is 18.2 Å². The first-order chi connectivity index (χ1) is 12.6. The number of nitrogens with zero attached hydrogens (tertiary/aromatic N) is 4. The molecule has 7 heteroatoms. The van der Waals surface area contributed by atoms with E-state index in [-0.39, 0.29) is 5.91 Å². The van der Waals surface area contributed by atoms with Gasteiger partial charge in [-0.15, -0.1) is 0 Å². The number of nitrogens with one attached hydrogen (secondary N) is 1. The van der Waals surface area contributed by atoms with Crippen LogP contribution in [-0.4, -0.2) is 48.5 Å². The summed E-state index contributed by atoms with van der Waals surface area (Å²) in [6.07, 6.45) is 3.71. The molecule has 3 aliphatic rings. The molecule has 1 N–H and O–H groups in total. The molecule has 2 aliphatic heterocycles. The van der Waals surface area contributed by atoms with Gasteiger partial charge in [0.2, 0.25) is 11.9 Å². The van der Waals surface area contributed by atoms with Crippen molar-refractivity contribution in [3.63, 3.8) is 0 Å². The standard InChI is InChI=1S/C19H22ClN5O/c20-14-4-3-5-15(12-14)24-8-10-25(11-9-24)18-22-17(26)16(13-21)19(23-18)6-1-2-7-19/h3-5,12,16H,1-2,6-11H2,(H,22,23,26)/t16-/m0/s1. The van der Waals surface area contributed by atoms with Gasteiger partial charge < -0.3 is 9.80 Å². The van der Waals surface area contributed by atoms with Gasteiger partial charge in [0.15, 0.2) is 5.92 Å². The third-order valence-electron chi connectivity index (χ3n) is 5.71. The second-order valence-electron chi connectivity index (χ2n) is 7.25. The molecule has 136 valence electrons. The molecule has 1 spiro atoms. The monoisotopic (exact) mass is 371 g/mol. The average Bonchev–Trinajstić information content (AvgIpc) is 3.10. The Hall–Kier alpha value is -2.26. The van der Waals surface area contributed by atoms with E-state index in [0.29, 0.717) is 5.96 Å². The molecule has 0 unspecified atom stereocenters. The summed E-state index contributed by atoms with van der Waals surface area (Å²) in [5.74, 6) is -0.215. The second kappa shape index (κ2) is 6.81. The fourth-order valence-corrected chi connectivity index (χ4v) is 4.48. The zero-order chi connectivity index (χ0) is 18.1. The predicted molar refractivity (Wildman–Crippen MR) is 101 cm³/mol. The molecular weight excluding hydrogens is 350 g/mol. The van der Waals surface area contributed by atoms with Gasteiger partial charge in [0, 0.05) is 36.9 Å². The molecule has 0 bridgehead atoms. The fourth-order valence-electron chi connectivity index (χ4n) is 4.30. The molecular formula is C19H22ClN5O. The highest BCUT2D eigenvalue weighted by molar-refractivity contribution is 6.30. The van der Waals surface area contributed by atoms with E-state index >= 15 is 0 Å². The van der Waals surface area contributed by atoms with Crippen LogP contribution in [0.1, 0.15) is 25.7 Å². The van der Waals surface area contributed by atoms with Crippen LogP contribution < -0.4 is 10.2 Å². The quantitative estimate of drug-likeness (QED) is 0.822. The average molecular weight is 372 g/mol. The van der Waals surface area contributed by atoms with E-state index in [0.717, 1.165) is 62.6 Å². The minimum absolute atomic E-state index is 0.198. The largest absolute Gasteiger partial charge is 0.368 e. The molecule has 1 atom stereocenters. The maximum atomic E-state index is 12.5.